The van der Waals surface area contributed by atoms with Gasteiger partial charge in [-0.25, -0.2) is 4.18 Å². The topological polar surface area (TPSA) is 67.2 Å². The lowest BCUT2D eigenvalue weighted by Crippen LogP contribution is -2.48. The molecule has 1 aromatic carbocycles. The van der Waals surface area contributed by atoms with Crippen LogP contribution in [0.2, 0.25) is 0 Å². The summed E-state index contributed by atoms with van der Waals surface area (Å²) >= 11 is 0. The number of nitriles is 1. The van der Waals surface area contributed by atoms with Gasteiger partial charge in [0.15, 0.2) is 5.60 Å². The van der Waals surface area contributed by atoms with Crippen molar-refractivity contribution in [3.8, 4) is 6.07 Å². The van der Waals surface area contributed by atoms with Gasteiger partial charge in [-0.2, -0.15) is 13.7 Å². The molecule has 3 aliphatic rings. The predicted molar refractivity (Wildman–Crippen MR) is 84.8 cm³/mol. The molecule has 0 aliphatic heterocycles. The van der Waals surface area contributed by atoms with E-state index in [-0.39, 0.29) is 10.8 Å². The monoisotopic (exact) mass is 331 g/mol. The number of benzene rings is 1. The minimum Gasteiger partial charge on any atom is -0.244 e. The van der Waals surface area contributed by atoms with Gasteiger partial charge in [-0.05, 0) is 68.9 Å². The van der Waals surface area contributed by atoms with Gasteiger partial charge in [0.1, 0.15) is 0 Å². The molecular formula is C18H21NO3S. The fourth-order valence-corrected chi connectivity index (χ4v) is 6.38. The molecule has 0 spiro atoms. The van der Waals surface area contributed by atoms with Crippen molar-refractivity contribution in [1.82, 2.24) is 0 Å². The van der Waals surface area contributed by atoms with Crippen LogP contribution in [0.5, 0.6) is 0 Å². The Hall–Kier alpha value is -1.38. The van der Waals surface area contributed by atoms with Crippen LogP contribution in [0.4, 0.5) is 0 Å². The normalized spacial score (nSPS) is 38.4. The standard InChI is InChI=1S/C18H21NO3S/c1-12-2-4-16(5-3-12)23(20,21)22-18(11-19)10-14-6-13-7-15(8-14)17(18)9-13/h2-5,13-15,17H,6-10H2,1H3/t13-,14+,15-,17-,18-/m1/s1. The molecule has 0 amide bonds. The Bertz CT molecular complexity index is 762. The van der Waals surface area contributed by atoms with Crippen LogP contribution in [0.1, 0.15) is 37.7 Å². The first-order valence-corrected chi connectivity index (χ1v) is 9.76. The minimum absolute atomic E-state index is 0.0662. The van der Waals surface area contributed by atoms with Crippen LogP contribution in [0, 0.1) is 41.9 Å². The quantitative estimate of drug-likeness (QED) is 0.796. The molecule has 3 fully saturated rings. The number of aryl methyl sites for hydroxylation is 1. The van der Waals surface area contributed by atoms with Crippen LogP contribution in [-0.2, 0) is 14.3 Å². The molecule has 122 valence electrons. The Morgan fingerprint density at radius 3 is 2.52 bits per heavy atom. The van der Waals surface area contributed by atoms with Crippen molar-refractivity contribution in [3.63, 3.8) is 0 Å². The molecule has 0 unspecified atom stereocenters. The lowest BCUT2D eigenvalue weighted by Gasteiger charge is -2.43. The first-order valence-electron chi connectivity index (χ1n) is 8.35. The molecule has 0 aromatic heterocycles. The molecule has 0 radical (unpaired) electrons. The first kappa shape index (κ1) is 15.2. The van der Waals surface area contributed by atoms with Crippen LogP contribution in [0.15, 0.2) is 29.2 Å². The van der Waals surface area contributed by atoms with Gasteiger partial charge >= 0.3 is 0 Å². The molecule has 3 bridgehead atoms. The zero-order valence-electron chi connectivity index (χ0n) is 13.2. The molecule has 0 saturated heterocycles. The molecule has 0 N–H and O–H groups in total. The fraction of sp³-hybridized carbons (Fsp3) is 0.611. The maximum Gasteiger partial charge on any atom is 0.298 e. The Kier molecular flexibility index (Phi) is 3.33. The van der Waals surface area contributed by atoms with Crippen molar-refractivity contribution in [2.75, 3.05) is 0 Å². The highest BCUT2D eigenvalue weighted by atomic mass is 32.2. The molecule has 4 rings (SSSR count). The fourth-order valence-electron chi connectivity index (χ4n) is 5.20. The van der Waals surface area contributed by atoms with E-state index in [1.807, 2.05) is 6.92 Å². The lowest BCUT2D eigenvalue weighted by atomic mass is 9.65. The third-order valence-electron chi connectivity index (χ3n) is 6.04. The van der Waals surface area contributed by atoms with Crippen LogP contribution >= 0.6 is 0 Å². The first-order chi connectivity index (χ1) is 10.9. The Labute approximate surface area is 137 Å². The molecule has 0 heterocycles. The molecule has 3 aliphatic carbocycles. The summed E-state index contributed by atoms with van der Waals surface area (Å²) in [4.78, 5) is 0.144. The van der Waals surface area contributed by atoms with Gasteiger partial charge in [0, 0.05) is 5.92 Å². The van der Waals surface area contributed by atoms with Gasteiger partial charge in [0.25, 0.3) is 10.1 Å². The number of rotatable bonds is 3. The van der Waals surface area contributed by atoms with Crippen molar-refractivity contribution in [1.29, 1.82) is 5.26 Å². The van der Waals surface area contributed by atoms with E-state index < -0.39 is 15.7 Å². The van der Waals surface area contributed by atoms with Gasteiger partial charge in [-0.1, -0.05) is 17.7 Å². The summed E-state index contributed by atoms with van der Waals surface area (Å²) in [5.74, 6) is 1.62. The highest BCUT2D eigenvalue weighted by molar-refractivity contribution is 7.86. The summed E-state index contributed by atoms with van der Waals surface area (Å²) in [5, 5.41) is 9.84. The maximum absolute atomic E-state index is 12.7. The lowest BCUT2D eigenvalue weighted by molar-refractivity contribution is -0.0121. The molecular weight excluding hydrogens is 310 g/mol. The van der Waals surface area contributed by atoms with Crippen molar-refractivity contribution in [2.45, 2.75) is 49.5 Å². The highest BCUT2D eigenvalue weighted by Crippen LogP contribution is 2.60. The zero-order chi connectivity index (χ0) is 16.2. The van der Waals surface area contributed by atoms with Crippen LogP contribution in [-0.4, -0.2) is 14.0 Å². The molecule has 5 atom stereocenters. The second-order valence-electron chi connectivity index (χ2n) is 7.60. The number of hydrogen-bond acceptors (Lipinski definition) is 4. The van der Waals surface area contributed by atoms with E-state index in [1.165, 1.54) is 0 Å². The second-order valence-corrected chi connectivity index (χ2v) is 9.14. The summed E-state index contributed by atoms with van der Waals surface area (Å²) in [6.45, 7) is 1.91. The van der Waals surface area contributed by atoms with Gasteiger partial charge in [0.2, 0.25) is 0 Å². The highest BCUT2D eigenvalue weighted by Gasteiger charge is 2.59. The number of hydrogen-bond donors (Lipinski definition) is 0. The number of fused-ring (bicyclic) bond motifs is 2. The maximum atomic E-state index is 12.7. The average molecular weight is 331 g/mol. The summed E-state index contributed by atoms with van der Waals surface area (Å²) in [6, 6.07) is 8.91. The molecule has 4 nitrogen and oxygen atoms in total. The van der Waals surface area contributed by atoms with E-state index in [4.69, 9.17) is 4.18 Å². The van der Waals surface area contributed by atoms with Crippen LogP contribution in [0.25, 0.3) is 0 Å². The van der Waals surface area contributed by atoms with Gasteiger partial charge in [-0.15, -0.1) is 0 Å². The van der Waals surface area contributed by atoms with Crippen LogP contribution < -0.4 is 0 Å². The van der Waals surface area contributed by atoms with Crippen molar-refractivity contribution in [2.24, 2.45) is 23.7 Å². The third kappa shape index (κ3) is 2.40. The Morgan fingerprint density at radius 2 is 1.83 bits per heavy atom. The Morgan fingerprint density at radius 1 is 1.13 bits per heavy atom. The molecule has 5 heteroatoms. The zero-order valence-corrected chi connectivity index (χ0v) is 14.1. The summed E-state index contributed by atoms with van der Waals surface area (Å²) in [5.41, 5.74) is -0.170. The van der Waals surface area contributed by atoms with Crippen molar-refractivity contribution < 1.29 is 12.6 Å². The minimum atomic E-state index is -3.91. The van der Waals surface area contributed by atoms with Crippen molar-refractivity contribution >= 4 is 10.1 Å². The van der Waals surface area contributed by atoms with Gasteiger partial charge < -0.3 is 0 Å². The molecule has 1 aromatic rings. The van der Waals surface area contributed by atoms with E-state index in [1.54, 1.807) is 24.3 Å². The largest absolute Gasteiger partial charge is 0.298 e. The second kappa shape index (κ2) is 5.06. The average Bonchev–Trinajstić information content (AvgIpc) is 2.75. The smallest absolute Gasteiger partial charge is 0.244 e. The van der Waals surface area contributed by atoms with E-state index >= 15 is 0 Å². The van der Waals surface area contributed by atoms with Gasteiger partial charge in [0.05, 0.1) is 11.0 Å². The van der Waals surface area contributed by atoms with Crippen LogP contribution in [0.3, 0.4) is 0 Å². The SMILES string of the molecule is Cc1ccc(S(=O)(=O)O[C@@]2(C#N)C[C@H]3C[C@@H]4C[C@H](C3)[C@H]2C4)cc1. The van der Waals surface area contributed by atoms with E-state index in [2.05, 4.69) is 6.07 Å². The Balaban J connectivity index is 1.68. The van der Waals surface area contributed by atoms with E-state index in [9.17, 15) is 13.7 Å². The third-order valence-corrected chi connectivity index (χ3v) is 7.41. The van der Waals surface area contributed by atoms with E-state index in [0.29, 0.717) is 24.2 Å². The predicted octanol–water partition coefficient (Wildman–Crippen LogP) is 3.42. The molecule has 23 heavy (non-hydrogen) atoms. The molecule has 3 saturated carbocycles. The summed E-state index contributed by atoms with van der Waals surface area (Å²) < 4.78 is 31.1. The van der Waals surface area contributed by atoms with Gasteiger partial charge in [-0.3, -0.25) is 0 Å². The summed E-state index contributed by atoms with van der Waals surface area (Å²) in [7, 11) is -3.91. The van der Waals surface area contributed by atoms with E-state index in [0.717, 1.165) is 31.2 Å². The summed E-state index contributed by atoms with van der Waals surface area (Å²) in [6.07, 6.45) is 4.91. The number of nitrogens with zero attached hydrogens (tertiary/aromatic N) is 1. The van der Waals surface area contributed by atoms with Crippen molar-refractivity contribution in [3.05, 3.63) is 29.8 Å².